The first kappa shape index (κ1) is 17.9. The Morgan fingerprint density at radius 3 is 1.90 bits per heavy atom. The number of carbonyl (C=O) groups excluding carboxylic acids is 2. The van der Waals surface area contributed by atoms with E-state index in [1.165, 1.54) is 6.92 Å². The van der Waals surface area contributed by atoms with Crippen molar-refractivity contribution in [2.45, 2.75) is 19.8 Å². The molecule has 6 heteroatoms. The van der Waals surface area contributed by atoms with Gasteiger partial charge in [0.25, 0.3) is 6.47 Å². The van der Waals surface area contributed by atoms with E-state index in [9.17, 15) is 9.59 Å². The van der Waals surface area contributed by atoms with E-state index < -0.39 is 0 Å². The predicted molar refractivity (Wildman–Crippen MR) is 79.5 cm³/mol. The minimum absolute atomic E-state index is 0.196. The fourth-order valence-electron chi connectivity index (χ4n) is 2.88. The largest absolute Gasteiger partial charge is 0.468 e. The van der Waals surface area contributed by atoms with Crippen molar-refractivity contribution in [3.8, 4) is 0 Å². The van der Waals surface area contributed by atoms with Crippen molar-refractivity contribution in [3.05, 3.63) is 0 Å². The molecule has 1 rings (SSSR count). The van der Waals surface area contributed by atoms with Gasteiger partial charge in [-0.15, -0.1) is 0 Å². The quantitative estimate of drug-likeness (QED) is 0.268. The number of rotatable bonds is 9. The highest BCUT2D eigenvalue weighted by Crippen LogP contribution is 2.17. The number of esters is 1. The van der Waals surface area contributed by atoms with Gasteiger partial charge in [0.1, 0.15) is 26.2 Å². The maximum atomic E-state index is 10.7. The Morgan fingerprint density at radius 1 is 1.00 bits per heavy atom. The van der Waals surface area contributed by atoms with Crippen molar-refractivity contribution >= 4 is 12.4 Å². The lowest BCUT2D eigenvalue weighted by Gasteiger charge is -2.46. The zero-order valence-electron chi connectivity index (χ0n) is 13.7. The molecule has 122 valence electrons. The van der Waals surface area contributed by atoms with Gasteiger partial charge in [-0.2, -0.15) is 0 Å². The van der Waals surface area contributed by atoms with Gasteiger partial charge in [-0.05, 0) is 0 Å². The average molecular weight is 302 g/mol. The topological polar surface area (TPSA) is 52.6 Å². The molecule has 21 heavy (non-hydrogen) atoms. The maximum absolute atomic E-state index is 10.7. The highest BCUT2D eigenvalue weighted by atomic mass is 16.5. The summed E-state index contributed by atoms with van der Waals surface area (Å²) in [5.41, 5.74) is 0. The van der Waals surface area contributed by atoms with E-state index in [1.807, 2.05) is 0 Å². The maximum Gasteiger partial charge on any atom is 0.302 e. The Balaban J connectivity index is 2.25. The molecule has 6 nitrogen and oxygen atoms in total. The molecule has 0 aliphatic carbocycles. The zero-order chi connectivity index (χ0) is 15.8. The number of carbonyl (C=O) groups is 2. The number of hydrogen-bond donors (Lipinski definition) is 0. The van der Waals surface area contributed by atoms with Gasteiger partial charge in [0.15, 0.2) is 0 Å². The van der Waals surface area contributed by atoms with Gasteiger partial charge >= 0.3 is 5.97 Å². The summed E-state index contributed by atoms with van der Waals surface area (Å²) in [5.74, 6) is -0.196. The monoisotopic (exact) mass is 302 g/mol. The lowest BCUT2D eigenvalue weighted by atomic mass is 10.2. The normalized spacial score (nSPS) is 28.9. The summed E-state index contributed by atoms with van der Waals surface area (Å²) in [4.78, 5) is 20.9. The summed E-state index contributed by atoms with van der Waals surface area (Å²) in [6, 6.07) is 0. The highest BCUT2D eigenvalue weighted by Gasteiger charge is 2.36. The van der Waals surface area contributed by atoms with Crippen LogP contribution >= 0.6 is 0 Å². The van der Waals surface area contributed by atoms with E-state index in [2.05, 4.69) is 14.1 Å². The van der Waals surface area contributed by atoms with Crippen LogP contribution in [-0.4, -0.2) is 88.0 Å². The third kappa shape index (κ3) is 6.91. The molecular weight excluding hydrogens is 272 g/mol. The lowest BCUT2D eigenvalue weighted by molar-refractivity contribution is -1.02. The van der Waals surface area contributed by atoms with Gasteiger partial charge in [-0.25, -0.2) is 0 Å². The van der Waals surface area contributed by atoms with Crippen LogP contribution < -0.4 is 0 Å². The molecule has 1 heterocycles. The first-order valence-corrected chi connectivity index (χ1v) is 7.75. The Bertz CT molecular complexity index is 339. The van der Waals surface area contributed by atoms with Crippen molar-refractivity contribution < 1.29 is 28.0 Å². The summed E-state index contributed by atoms with van der Waals surface area (Å²) in [5, 5.41) is 0. The molecule has 1 fully saturated rings. The smallest absolute Gasteiger partial charge is 0.302 e. The van der Waals surface area contributed by atoms with Crippen molar-refractivity contribution in [1.29, 1.82) is 0 Å². The Hall–Kier alpha value is -1.14. The van der Waals surface area contributed by atoms with Crippen LogP contribution in [0.3, 0.4) is 0 Å². The molecule has 0 radical (unpaired) electrons. The fourth-order valence-corrected chi connectivity index (χ4v) is 2.88. The molecule has 1 saturated heterocycles. The summed E-state index contributed by atoms with van der Waals surface area (Å²) >= 11 is 0. The molecule has 0 aromatic carbocycles. The van der Waals surface area contributed by atoms with E-state index in [0.717, 1.165) is 61.1 Å². The number of piperazine rings is 1. The third-order valence-electron chi connectivity index (χ3n) is 4.54. The molecular formula is C15H30N2O4+2. The van der Waals surface area contributed by atoms with E-state index in [-0.39, 0.29) is 5.97 Å². The molecule has 0 aromatic rings. The summed E-state index contributed by atoms with van der Waals surface area (Å²) in [6.07, 6.45) is 1.85. The molecule has 0 unspecified atom stereocenters. The minimum Gasteiger partial charge on any atom is -0.468 e. The van der Waals surface area contributed by atoms with Crippen molar-refractivity contribution in [2.24, 2.45) is 0 Å². The van der Waals surface area contributed by atoms with Crippen LogP contribution in [0.2, 0.25) is 0 Å². The van der Waals surface area contributed by atoms with Crippen molar-refractivity contribution in [1.82, 2.24) is 0 Å². The van der Waals surface area contributed by atoms with Crippen LogP contribution in [0.5, 0.6) is 0 Å². The van der Waals surface area contributed by atoms with Gasteiger partial charge in [0, 0.05) is 19.8 Å². The van der Waals surface area contributed by atoms with Gasteiger partial charge in [-0.1, -0.05) is 0 Å². The SMILES string of the molecule is CC(=O)OCCC[N+]1(C)CC[N+](C)(CCCOC=O)CC1. The van der Waals surface area contributed by atoms with Crippen LogP contribution in [0.15, 0.2) is 0 Å². The Labute approximate surface area is 127 Å². The zero-order valence-corrected chi connectivity index (χ0v) is 13.7. The van der Waals surface area contributed by atoms with Crippen LogP contribution in [-0.2, 0) is 19.1 Å². The molecule has 0 spiro atoms. The third-order valence-corrected chi connectivity index (χ3v) is 4.54. The molecule has 0 amide bonds. The van der Waals surface area contributed by atoms with E-state index in [0.29, 0.717) is 19.7 Å². The number of ether oxygens (including phenoxy) is 2. The predicted octanol–water partition coefficient (Wildman–Crippen LogP) is 0.410. The van der Waals surface area contributed by atoms with Crippen molar-refractivity contribution in [2.75, 3.05) is 66.6 Å². The highest BCUT2D eigenvalue weighted by molar-refractivity contribution is 5.65. The number of nitrogens with zero attached hydrogens (tertiary/aromatic N) is 2. The van der Waals surface area contributed by atoms with E-state index >= 15 is 0 Å². The first-order valence-electron chi connectivity index (χ1n) is 7.75. The first-order chi connectivity index (χ1) is 9.89. The average Bonchev–Trinajstić information content (AvgIpc) is 2.44. The number of likely N-dealkylation sites (N-methyl/N-ethyl adjacent to an activating group) is 2. The van der Waals surface area contributed by atoms with Crippen LogP contribution in [0.1, 0.15) is 19.8 Å². The summed E-state index contributed by atoms with van der Waals surface area (Å²) < 4.78 is 11.9. The number of quaternary nitrogens is 2. The summed E-state index contributed by atoms with van der Waals surface area (Å²) in [7, 11) is 4.57. The Morgan fingerprint density at radius 2 is 1.48 bits per heavy atom. The minimum atomic E-state index is -0.196. The second-order valence-electron chi connectivity index (χ2n) is 6.59. The molecule has 0 bridgehead atoms. The van der Waals surface area contributed by atoms with Crippen LogP contribution in [0.25, 0.3) is 0 Å². The van der Waals surface area contributed by atoms with E-state index in [1.54, 1.807) is 0 Å². The van der Waals surface area contributed by atoms with E-state index in [4.69, 9.17) is 9.47 Å². The fraction of sp³-hybridized carbons (Fsp3) is 0.867. The number of hydrogen-bond acceptors (Lipinski definition) is 4. The molecule has 0 N–H and O–H groups in total. The van der Waals surface area contributed by atoms with Crippen LogP contribution in [0.4, 0.5) is 0 Å². The molecule has 1 aliphatic rings. The molecule has 1 aliphatic heterocycles. The van der Waals surface area contributed by atoms with Gasteiger partial charge in [0.2, 0.25) is 0 Å². The standard InChI is InChI=1S/C15H30N2O4/c1-15(19)21-13-5-7-17(3)10-8-16(2,9-11-17)6-4-12-20-14-18/h14H,4-13H2,1-3H3/q+2. The summed E-state index contributed by atoms with van der Waals surface area (Å²) in [6.45, 7) is 9.71. The second-order valence-corrected chi connectivity index (χ2v) is 6.59. The molecule has 0 saturated carbocycles. The lowest BCUT2D eigenvalue weighted by Crippen LogP contribution is -2.64. The molecule has 0 aromatic heterocycles. The second kappa shape index (κ2) is 8.34. The Kier molecular flexibility index (Phi) is 7.11. The molecule has 0 atom stereocenters. The van der Waals surface area contributed by atoms with Gasteiger partial charge in [0.05, 0.1) is 40.4 Å². The van der Waals surface area contributed by atoms with Gasteiger partial charge < -0.3 is 18.4 Å². The van der Waals surface area contributed by atoms with Gasteiger partial charge in [-0.3, -0.25) is 9.59 Å². The van der Waals surface area contributed by atoms with Crippen molar-refractivity contribution in [3.63, 3.8) is 0 Å². The van der Waals surface area contributed by atoms with Crippen LogP contribution in [0, 0.1) is 0 Å².